The van der Waals surface area contributed by atoms with E-state index in [2.05, 4.69) is 4.98 Å². The molecule has 1 aliphatic rings. The zero-order valence-corrected chi connectivity index (χ0v) is 11.9. The van der Waals surface area contributed by atoms with Gasteiger partial charge in [-0.05, 0) is 25.0 Å². The largest absolute Gasteiger partial charge is 0.388 e. The smallest absolute Gasteiger partial charge is 0.231 e. The zero-order valence-electron chi connectivity index (χ0n) is 11.9. The molecule has 3 N–H and O–H groups in total. The lowest BCUT2D eigenvalue weighted by Gasteiger charge is -2.37. The zero-order chi connectivity index (χ0) is 14.9. The van der Waals surface area contributed by atoms with Gasteiger partial charge >= 0.3 is 0 Å². The van der Waals surface area contributed by atoms with E-state index < -0.39 is 5.60 Å². The molecule has 1 amide bonds. The van der Waals surface area contributed by atoms with E-state index in [0.29, 0.717) is 32.5 Å². The number of rotatable bonds is 4. The van der Waals surface area contributed by atoms with Crippen LogP contribution >= 0.6 is 0 Å². The van der Waals surface area contributed by atoms with E-state index in [1.165, 1.54) is 0 Å². The summed E-state index contributed by atoms with van der Waals surface area (Å²) in [6, 6.07) is 7.90. The Morgan fingerprint density at radius 1 is 1.33 bits per heavy atom. The number of hydrogen-bond acceptors (Lipinski definition) is 4. The van der Waals surface area contributed by atoms with Crippen LogP contribution in [0.15, 0.2) is 30.6 Å². The summed E-state index contributed by atoms with van der Waals surface area (Å²) in [5.41, 5.74) is 6.43. The third-order valence-corrected chi connectivity index (χ3v) is 4.16. The maximum Gasteiger partial charge on any atom is 0.231 e. The van der Waals surface area contributed by atoms with Gasteiger partial charge in [-0.15, -0.1) is 0 Å². The number of piperidine rings is 1. The number of para-hydroxylation sites is 2. The quantitative estimate of drug-likeness (QED) is 0.850. The predicted octanol–water partition coefficient (Wildman–Crippen LogP) is 0.349. The van der Waals surface area contributed by atoms with Crippen molar-refractivity contribution in [2.24, 2.45) is 5.73 Å². The lowest BCUT2D eigenvalue weighted by Crippen LogP contribution is -2.48. The van der Waals surface area contributed by atoms with Crippen molar-refractivity contribution in [2.75, 3.05) is 19.6 Å². The number of benzene rings is 1. The Kier molecular flexibility index (Phi) is 3.65. The molecule has 3 rings (SSSR count). The van der Waals surface area contributed by atoms with Gasteiger partial charge in [-0.3, -0.25) is 9.69 Å². The topological polar surface area (TPSA) is 84.4 Å². The molecule has 1 saturated heterocycles. The van der Waals surface area contributed by atoms with Gasteiger partial charge in [0.05, 0.1) is 36.1 Å². The van der Waals surface area contributed by atoms with Crippen LogP contribution in [0.3, 0.4) is 0 Å². The van der Waals surface area contributed by atoms with Crippen molar-refractivity contribution in [2.45, 2.75) is 25.0 Å². The highest BCUT2D eigenvalue weighted by atomic mass is 16.3. The highest BCUT2D eigenvalue weighted by molar-refractivity contribution is 5.76. The number of carbonyl (C=O) groups excluding carboxylic acids is 1. The second-order valence-corrected chi connectivity index (χ2v) is 5.83. The van der Waals surface area contributed by atoms with Crippen molar-refractivity contribution in [3.05, 3.63) is 30.6 Å². The van der Waals surface area contributed by atoms with Gasteiger partial charge in [0, 0.05) is 13.1 Å². The molecule has 2 aromatic rings. The number of nitrogens with two attached hydrogens (primary N) is 1. The fourth-order valence-electron chi connectivity index (χ4n) is 2.96. The first-order chi connectivity index (χ1) is 10.1. The minimum Gasteiger partial charge on any atom is -0.388 e. The monoisotopic (exact) mass is 288 g/mol. The van der Waals surface area contributed by atoms with E-state index in [0.717, 1.165) is 11.0 Å². The highest BCUT2D eigenvalue weighted by Crippen LogP contribution is 2.25. The summed E-state index contributed by atoms with van der Waals surface area (Å²) in [4.78, 5) is 17.3. The lowest BCUT2D eigenvalue weighted by molar-refractivity contribution is -0.120. The van der Waals surface area contributed by atoms with Crippen molar-refractivity contribution >= 4 is 16.9 Å². The number of imidazole rings is 1. The standard InChI is InChI=1S/C15H20N4O2/c16-14(20)9-18-7-5-15(21,6-8-18)10-19-11-17-12-3-1-2-4-13(12)19/h1-4,11,21H,5-10H2,(H2,16,20). The second kappa shape index (κ2) is 5.46. The number of nitrogens with zero attached hydrogens (tertiary/aromatic N) is 3. The molecular weight excluding hydrogens is 268 g/mol. The minimum absolute atomic E-state index is 0.268. The first kappa shape index (κ1) is 14.0. The number of likely N-dealkylation sites (tertiary alicyclic amines) is 1. The maximum atomic E-state index is 10.9. The number of aliphatic hydroxyl groups is 1. The van der Waals surface area contributed by atoms with Crippen molar-refractivity contribution in [1.82, 2.24) is 14.5 Å². The fourth-order valence-corrected chi connectivity index (χ4v) is 2.96. The summed E-state index contributed by atoms with van der Waals surface area (Å²) in [5, 5.41) is 10.8. The van der Waals surface area contributed by atoms with Gasteiger partial charge in [-0.25, -0.2) is 4.98 Å². The van der Waals surface area contributed by atoms with Gasteiger partial charge < -0.3 is 15.4 Å². The number of aromatic nitrogens is 2. The Balaban J connectivity index is 1.69. The lowest BCUT2D eigenvalue weighted by atomic mass is 9.91. The summed E-state index contributed by atoms with van der Waals surface area (Å²) < 4.78 is 2.00. The molecule has 112 valence electrons. The molecule has 21 heavy (non-hydrogen) atoms. The van der Waals surface area contributed by atoms with E-state index in [-0.39, 0.29) is 12.5 Å². The van der Waals surface area contributed by atoms with Crippen molar-refractivity contribution in [1.29, 1.82) is 0 Å². The van der Waals surface area contributed by atoms with Crippen LogP contribution in [0.4, 0.5) is 0 Å². The van der Waals surface area contributed by atoms with Crippen LogP contribution in [0.2, 0.25) is 0 Å². The molecule has 0 bridgehead atoms. The molecule has 1 aromatic carbocycles. The van der Waals surface area contributed by atoms with E-state index in [1.807, 2.05) is 33.7 Å². The van der Waals surface area contributed by atoms with E-state index in [4.69, 9.17) is 5.73 Å². The first-order valence-corrected chi connectivity index (χ1v) is 7.19. The van der Waals surface area contributed by atoms with Crippen LogP contribution in [0, 0.1) is 0 Å². The van der Waals surface area contributed by atoms with E-state index in [1.54, 1.807) is 6.33 Å². The van der Waals surface area contributed by atoms with Crippen molar-refractivity contribution < 1.29 is 9.90 Å². The molecule has 1 aliphatic heterocycles. The maximum absolute atomic E-state index is 10.9. The Morgan fingerprint density at radius 3 is 2.76 bits per heavy atom. The third kappa shape index (κ3) is 3.06. The Morgan fingerprint density at radius 2 is 2.05 bits per heavy atom. The van der Waals surface area contributed by atoms with Gasteiger partial charge in [0.25, 0.3) is 0 Å². The second-order valence-electron chi connectivity index (χ2n) is 5.83. The number of hydrogen-bond donors (Lipinski definition) is 2. The molecule has 0 atom stereocenters. The summed E-state index contributed by atoms with van der Waals surface area (Å²) >= 11 is 0. The number of amides is 1. The Hall–Kier alpha value is -1.92. The molecular formula is C15H20N4O2. The molecule has 0 spiro atoms. The number of carbonyl (C=O) groups is 1. The average molecular weight is 288 g/mol. The minimum atomic E-state index is -0.752. The van der Waals surface area contributed by atoms with Crippen LogP contribution in [0.5, 0.6) is 0 Å². The molecule has 0 unspecified atom stereocenters. The van der Waals surface area contributed by atoms with Crippen LogP contribution in [0.1, 0.15) is 12.8 Å². The van der Waals surface area contributed by atoms with Crippen LogP contribution in [-0.4, -0.2) is 50.7 Å². The normalized spacial score (nSPS) is 18.9. The third-order valence-electron chi connectivity index (χ3n) is 4.16. The van der Waals surface area contributed by atoms with Gasteiger partial charge in [0.2, 0.25) is 5.91 Å². The molecule has 0 radical (unpaired) electrons. The average Bonchev–Trinajstić information content (AvgIpc) is 2.85. The number of primary amides is 1. The predicted molar refractivity (Wildman–Crippen MR) is 79.6 cm³/mol. The van der Waals surface area contributed by atoms with Crippen LogP contribution < -0.4 is 5.73 Å². The summed E-state index contributed by atoms with van der Waals surface area (Å²) in [7, 11) is 0. The molecule has 6 nitrogen and oxygen atoms in total. The Bertz CT molecular complexity index is 644. The fraction of sp³-hybridized carbons (Fsp3) is 0.467. The van der Waals surface area contributed by atoms with Crippen LogP contribution in [0.25, 0.3) is 11.0 Å². The molecule has 0 saturated carbocycles. The molecule has 0 aliphatic carbocycles. The van der Waals surface area contributed by atoms with Crippen molar-refractivity contribution in [3.8, 4) is 0 Å². The molecule has 1 aromatic heterocycles. The van der Waals surface area contributed by atoms with Gasteiger partial charge in [0.1, 0.15) is 0 Å². The summed E-state index contributed by atoms with van der Waals surface area (Å²) in [6.07, 6.45) is 3.04. The Labute approximate surface area is 123 Å². The van der Waals surface area contributed by atoms with Gasteiger partial charge in [0.15, 0.2) is 0 Å². The SMILES string of the molecule is NC(=O)CN1CCC(O)(Cn2cnc3ccccc32)CC1. The number of fused-ring (bicyclic) bond motifs is 1. The summed E-state index contributed by atoms with van der Waals surface area (Å²) in [6.45, 7) is 2.17. The summed E-state index contributed by atoms with van der Waals surface area (Å²) in [5.74, 6) is -0.318. The molecule has 1 fully saturated rings. The highest BCUT2D eigenvalue weighted by Gasteiger charge is 2.33. The van der Waals surface area contributed by atoms with E-state index in [9.17, 15) is 9.90 Å². The van der Waals surface area contributed by atoms with E-state index >= 15 is 0 Å². The van der Waals surface area contributed by atoms with Gasteiger partial charge in [-0.2, -0.15) is 0 Å². The first-order valence-electron chi connectivity index (χ1n) is 7.19. The van der Waals surface area contributed by atoms with Crippen molar-refractivity contribution in [3.63, 3.8) is 0 Å². The molecule has 6 heteroatoms. The van der Waals surface area contributed by atoms with Crippen LogP contribution in [-0.2, 0) is 11.3 Å². The van der Waals surface area contributed by atoms with Gasteiger partial charge in [-0.1, -0.05) is 12.1 Å². The molecule has 2 heterocycles.